The van der Waals surface area contributed by atoms with Crippen molar-refractivity contribution in [2.75, 3.05) is 25.5 Å². The Kier molecular flexibility index (Phi) is 5.51. The molecule has 0 atom stereocenters. The molecule has 0 aliphatic rings. The van der Waals surface area contributed by atoms with Crippen molar-refractivity contribution in [3.63, 3.8) is 0 Å². The molecule has 4 heteroatoms. The van der Waals surface area contributed by atoms with Crippen LogP contribution in [0.2, 0.25) is 0 Å². The zero-order valence-corrected chi connectivity index (χ0v) is 12.4. The average molecular weight is 263 g/mol. The van der Waals surface area contributed by atoms with Gasteiger partial charge in [-0.1, -0.05) is 32.9 Å². The van der Waals surface area contributed by atoms with Crippen LogP contribution >= 0.6 is 0 Å². The van der Waals surface area contributed by atoms with Crippen LogP contribution in [0.1, 0.15) is 26.3 Å². The van der Waals surface area contributed by atoms with Crippen LogP contribution in [0, 0.1) is 5.41 Å². The van der Waals surface area contributed by atoms with Crippen LogP contribution < -0.4 is 11.1 Å². The van der Waals surface area contributed by atoms with E-state index in [-0.39, 0.29) is 11.3 Å². The second-order valence-electron chi connectivity index (χ2n) is 6.19. The molecule has 3 N–H and O–H groups in total. The molecular formula is C15H25N3O. The third kappa shape index (κ3) is 6.36. The fourth-order valence-corrected chi connectivity index (χ4v) is 2.09. The number of benzene rings is 1. The summed E-state index contributed by atoms with van der Waals surface area (Å²) < 4.78 is 0. The molecule has 0 heterocycles. The highest BCUT2D eigenvalue weighted by Gasteiger charge is 2.15. The molecule has 0 radical (unpaired) electrons. The van der Waals surface area contributed by atoms with E-state index in [4.69, 9.17) is 5.73 Å². The van der Waals surface area contributed by atoms with Crippen LogP contribution in [-0.4, -0.2) is 30.9 Å². The Morgan fingerprint density at radius 2 is 2.05 bits per heavy atom. The maximum absolute atomic E-state index is 11.9. The minimum Gasteiger partial charge on any atom is -0.326 e. The van der Waals surface area contributed by atoms with Crippen molar-refractivity contribution in [1.29, 1.82) is 0 Å². The number of nitrogens with zero attached hydrogens (tertiary/aromatic N) is 1. The Morgan fingerprint density at radius 3 is 2.63 bits per heavy atom. The summed E-state index contributed by atoms with van der Waals surface area (Å²) in [5.74, 6) is 0.000853. The van der Waals surface area contributed by atoms with E-state index in [9.17, 15) is 4.79 Å². The molecule has 106 valence electrons. The van der Waals surface area contributed by atoms with Gasteiger partial charge in [-0.15, -0.1) is 0 Å². The van der Waals surface area contributed by atoms with Gasteiger partial charge in [-0.25, -0.2) is 0 Å². The lowest BCUT2D eigenvalue weighted by Gasteiger charge is -2.25. The Bertz CT molecular complexity index is 424. The van der Waals surface area contributed by atoms with Crippen molar-refractivity contribution in [3.8, 4) is 0 Å². The molecule has 0 aliphatic heterocycles. The minimum absolute atomic E-state index is 0.000853. The van der Waals surface area contributed by atoms with E-state index in [1.54, 1.807) is 0 Å². The molecule has 0 saturated carbocycles. The number of hydrogen-bond acceptors (Lipinski definition) is 3. The molecule has 4 nitrogen and oxygen atoms in total. The first-order valence-corrected chi connectivity index (χ1v) is 6.57. The number of carbonyl (C=O) groups excluding carboxylic acids is 1. The molecule has 1 aromatic carbocycles. The van der Waals surface area contributed by atoms with Gasteiger partial charge in [0, 0.05) is 18.8 Å². The smallest absolute Gasteiger partial charge is 0.238 e. The van der Waals surface area contributed by atoms with Crippen LogP contribution in [-0.2, 0) is 11.3 Å². The SMILES string of the molecule is CN(CC(=O)Nc1cccc(CN)c1)CC(C)(C)C. The average Bonchev–Trinajstić information content (AvgIpc) is 2.26. The van der Waals surface area contributed by atoms with E-state index in [0.717, 1.165) is 17.8 Å². The zero-order chi connectivity index (χ0) is 14.5. The number of anilines is 1. The first-order valence-electron chi connectivity index (χ1n) is 6.57. The normalized spacial score (nSPS) is 11.7. The van der Waals surface area contributed by atoms with E-state index in [1.807, 2.05) is 36.2 Å². The number of rotatable bonds is 5. The summed E-state index contributed by atoms with van der Waals surface area (Å²) in [4.78, 5) is 14.0. The molecule has 0 unspecified atom stereocenters. The quantitative estimate of drug-likeness (QED) is 0.855. The van der Waals surface area contributed by atoms with Crippen molar-refractivity contribution in [2.24, 2.45) is 11.1 Å². The molecule has 0 fully saturated rings. The predicted octanol–water partition coefficient (Wildman–Crippen LogP) is 2.06. The molecule has 0 aliphatic carbocycles. The second-order valence-corrected chi connectivity index (χ2v) is 6.19. The predicted molar refractivity (Wildman–Crippen MR) is 79.9 cm³/mol. The fourth-order valence-electron chi connectivity index (χ4n) is 2.09. The van der Waals surface area contributed by atoms with E-state index < -0.39 is 0 Å². The second kappa shape index (κ2) is 6.68. The van der Waals surface area contributed by atoms with Crippen LogP contribution in [0.5, 0.6) is 0 Å². The van der Waals surface area contributed by atoms with Crippen molar-refractivity contribution in [3.05, 3.63) is 29.8 Å². The number of likely N-dealkylation sites (N-methyl/N-ethyl adjacent to an activating group) is 1. The van der Waals surface area contributed by atoms with E-state index in [1.165, 1.54) is 0 Å². The molecule has 0 bridgehead atoms. The molecule has 1 rings (SSSR count). The number of nitrogens with two attached hydrogens (primary N) is 1. The highest BCUT2D eigenvalue weighted by molar-refractivity contribution is 5.92. The van der Waals surface area contributed by atoms with Crippen LogP contribution in [0.15, 0.2) is 24.3 Å². The first kappa shape index (κ1) is 15.7. The van der Waals surface area contributed by atoms with Gasteiger partial charge in [0.15, 0.2) is 0 Å². The van der Waals surface area contributed by atoms with E-state index >= 15 is 0 Å². The number of nitrogens with one attached hydrogen (secondary N) is 1. The van der Waals surface area contributed by atoms with Gasteiger partial charge < -0.3 is 11.1 Å². The highest BCUT2D eigenvalue weighted by atomic mass is 16.2. The van der Waals surface area contributed by atoms with Crippen molar-refractivity contribution < 1.29 is 4.79 Å². The topological polar surface area (TPSA) is 58.4 Å². The summed E-state index contributed by atoms with van der Waals surface area (Å²) in [6, 6.07) is 7.63. The number of hydrogen-bond donors (Lipinski definition) is 2. The maximum atomic E-state index is 11.9. The van der Waals surface area contributed by atoms with Gasteiger partial charge >= 0.3 is 0 Å². The third-order valence-electron chi connectivity index (χ3n) is 2.60. The van der Waals surface area contributed by atoms with E-state index in [2.05, 4.69) is 26.1 Å². The molecule has 1 aromatic rings. The summed E-state index contributed by atoms with van der Waals surface area (Å²) in [5.41, 5.74) is 7.59. The largest absolute Gasteiger partial charge is 0.326 e. The molecule has 0 aromatic heterocycles. The molecule has 0 saturated heterocycles. The zero-order valence-electron chi connectivity index (χ0n) is 12.4. The van der Waals surface area contributed by atoms with E-state index in [0.29, 0.717) is 13.1 Å². The third-order valence-corrected chi connectivity index (χ3v) is 2.60. The summed E-state index contributed by atoms with van der Waals surface area (Å²) in [5, 5.41) is 2.90. The van der Waals surface area contributed by atoms with Crippen molar-refractivity contribution in [2.45, 2.75) is 27.3 Å². The standard InChI is InChI=1S/C15H25N3O/c1-15(2,3)11-18(4)10-14(19)17-13-7-5-6-12(8-13)9-16/h5-8H,9-11,16H2,1-4H3,(H,17,19). The van der Waals surface area contributed by atoms with Gasteiger partial charge in [-0.3, -0.25) is 9.69 Å². The van der Waals surface area contributed by atoms with Gasteiger partial charge in [-0.2, -0.15) is 0 Å². The molecule has 19 heavy (non-hydrogen) atoms. The Morgan fingerprint density at radius 1 is 1.37 bits per heavy atom. The fraction of sp³-hybridized carbons (Fsp3) is 0.533. The summed E-state index contributed by atoms with van der Waals surface area (Å²) in [6.07, 6.45) is 0. The van der Waals surface area contributed by atoms with Crippen LogP contribution in [0.25, 0.3) is 0 Å². The van der Waals surface area contributed by atoms with Gasteiger partial charge in [0.25, 0.3) is 0 Å². The van der Waals surface area contributed by atoms with Crippen molar-refractivity contribution >= 4 is 11.6 Å². The van der Waals surface area contributed by atoms with Gasteiger partial charge in [-0.05, 0) is 30.2 Å². The maximum Gasteiger partial charge on any atom is 0.238 e. The molecule has 0 spiro atoms. The lowest BCUT2D eigenvalue weighted by atomic mass is 9.96. The monoisotopic (exact) mass is 263 g/mol. The number of amides is 1. The Hall–Kier alpha value is -1.39. The Balaban J connectivity index is 2.50. The van der Waals surface area contributed by atoms with Crippen LogP contribution in [0.3, 0.4) is 0 Å². The Labute approximate surface area is 116 Å². The summed E-state index contributed by atoms with van der Waals surface area (Å²) in [7, 11) is 1.96. The van der Waals surface area contributed by atoms with Gasteiger partial charge in [0.1, 0.15) is 0 Å². The molecule has 1 amide bonds. The highest BCUT2D eigenvalue weighted by Crippen LogP contribution is 2.14. The summed E-state index contributed by atoms with van der Waals surface area (Å²) >= 11 is 0. The number of carbonyl (C=O) groups is 1. The lowest BCUT2D eigenvalue weighted by molar-refractivity contribution is -0.117. The van der Waals surface area contributed by atoms with Crippen LogP contribution in [0.4, 0.5) is 5.69 Å². The first-order chi connectivity index (χ1) is 8.80. The minimum atomic E-state index is 0.000853. The van der Waals surface area contributed by atoms with Gasteiger partial charge in [0.2, 0.25) is 5.91 Å². The van der Waals surface area contributed by atoms with Gasteiger partial charge in [0.05, 0.1) is 6.54 Å². The lowest BCUT2D eigenvalue weighted by Crippen LogP contribution is -2.35. The summed E-state index contributed by atoms with van der Waals surface area (Å²) in [6.45, 7) is 8.23. The molecular weight excluding hydrogens is 238 g/mol. The van der Waals surface area contributed by atoms with Crippen molar-refractivity contribution in [1.82, 2.24) is 4.90 Å².